The predicted molar refractivity (Wildman–Crippen MR) is 167 cm³/mol. The van der Waals surface area contributed by atoms with E-state index in [1.807, 2.05) is 50.2 Å². The van der Waals surface area contributed by atoms with Gasteiger partial charge < -0.3 is 10.2 Å². The van der Waals surface area contributed by atoms with Gasteiger partial charge in [-0.2, -0.15) is 0 Å². The molecule has 1 atom stereocenters. The highest BCUT2D eigenvalue weighted by molar-refractivity contribution is 7.92. The Morgan fingerprint density at radius 2 is 1.68 bits per heavy atom. The number of nitrogens with one attached hydrogen (secondary N) is 1. The predicted octanol–water partition coefficient (Wildman–Crippen LogP) is 5.93. The molecule has 1 N–H and O–H groups in total. The van der Waals surface area contributed by atoms with Gasteiger partial charge in [0.05, 0.1) is 11.9 Å². The lowest BCUT2D eigenvalue weighted by atomic mass is 10.0. The second-order valence-corrected chi connectivity index (χ2v) is 12.9. The molecule has 3 aromatic rings. The van der Waals surface area contributed by atoms with Crippen molar-refractivity contribution in [3.05, 3.63) is 99.0 Å². The van der Waals surface area contributed by atoms with Gasteiger partial charge in [-0.15, -0.1) is 0 Å². The van der Waals surface area contributed by atoms with E-state index in [1.54, 1.807) is 37.3 Å². The summed E-state index contributed by atoms with van der Waals surface area (Å²) in [5.41, 5.74) is 3.53. The summed E-state index contributed by atoms with van der Waals surface area (Å²) in [5, 5.41) is 3.74. The molecule has 0 fully saturated rings. The Hall–Kier alpha value is -3.07. The third-order valence-electron chi connectivity index (χ3n) is 6.76. The van der Waals surface area contributed by atoms with E-state index >= 15 is 0 Å². The minimum absolute atomic E-state index is 0.0159. The van der Waals surface area contributed by atoms with Crippen LogP contribution in [0.2, 0.25) is 10.0 Å². The number of unbranched alkanes of at least 4 members (excludes halogenated alkanes) is 1. The SMILES string of the molecule is CCCCNC(=O)[C@@H](Cc1ccccc1)N(Cc1ccc(Cl)cc1Cl)C(=O)CN(c1ccc(C)cc1C)S(C)(=O)=O. The average molecular weight is 619 g/mol. The highest BCUT2D eigenvalue weighted by Crippen LogP contribution is 2.27. The molecule has 3 rings (SSSR count). The lowest BCUT2D eigenvalue weighted by molar-refractivity contribution is -0.140. The van der Waals surface area contributed by atoms with Gasteiger partial charge in [0.15, 0.2) is 0 Å². The van der Waals surface area contributed by atoms with Crippen molar-refractivity contribution in [2.24, 2.45) is 0 Å². The molecule has 0 saturated heterocycles. The first-order chi connectivity index (χ1) is 19.4. The van der Waals surface area contributed by atoms with Crippen molar-refractivity contribution >= 4 is 50.7 Å². The highest BCUT2D eigenvalue weighted by atomic mass is 35.5. The number of benzene rings is 3. The summed E-state index contributed by atoms with van der Waals surface area (Å²) in [7, 11) is -3.85. The van der Waals surface area contributed by atoms with Crippen LogP contribution in [0.5, 0.6) is 0 Å². The molecule has 0 aliphatic carbocycles. The maximum atomic E-state index is 14.2. The second kappa shape index (κ2) is 14.7. The molecule has 0 bridgehead atoms. The van der Waals surface area contributed by atoms with Crippen LogP contribution in [0.1, 0.15) is 42.0 Å². The normalized spacial score (nSPS) is 12.0. The molecule has 220 valence electrons. The van der Waals surface area contributed by atoms with Crippen LogP contribution in [-0.2, 0) is 32.6 Å². The topological polar surface area (TPSA) is 86.8 Å². The summed E-state index contributed by atoms with van der Waals surface area (Å²) in [6.07, 6.45) is 2.98. The monoisotopic (exact) mass is 617 g/mol. The number of hydrogen-bond acceptors (Lipinski definition) is 4. The third kappa shape index (κ3) is 9.21. The van der Waals surface area contributed by atoms with Crippen LogP contribution >= 0.6 is 23.2 Å². The van der Waals surface area contributed by atoms with Crippen LogP contribution in [0.15, 0.2) is 66.7 Å². The van der Waals surface area contributed by atoms with Crippen molar-refractivity contribution in [1.82, 2.24) is 10.2 Å². The molecule has 0 aliphatic rings. The average Bonchev–Trinajstić information content (AvgIpc) is 2.90. The van der Waals surface area contributed by atoms with Gasteiger partial charge in [0.2, 0.25) is 21.8 Å². The van der Waals surface area contributed by atoms with Crippen molar-refractivity contribution in [3.8, 4) is 0 Å². The number of carbonyl (C=O) groups excluding carboxylic acids is 2. The zero-order valence-corrected chi connectivity index (χ0v) is 26.2. The van der Waals surface area contributed by atoms with Gasteiger partial charge in [-0.25, -0.2) is 8.42 Å². The molecular formula is C31H37Cl2N3O4S. The molecule has 2 amide bonds. The molecule has 0 unspecified atom stereocenters. The Morgan fingerprint density at radius 1 is 0.976 bits per heavy atom. The molecule has 41 heavy (non-hydrogen) atoms. The largest absolute Gasteiger partial charge is 0.354 e. The summed E-state index contributed by atoms with van der Waals surface area (Å²) >= 11 is 12.6. The van der Waals surface area contributed by atoms with Crippen molar-refractivity contribution in [3.63, 3.8) is 0 Å². The van der Waals surface area contributed by atoms with Crippen LogP contribution in [-0.4, -0.2) is 50.5 Å². The molecule has 10 heteroatoms. The maximum Gasteiger partial charge on any atom is 0.244 e. The van der Waals surface area contributed by atoms with E-state index in [0.29, 0.717) is 33.4 Å². The summed E-state index contributed by atoms with van der Waals surface area (Å²) < 4.78 is 27.1. The van der Waals surface area contributed by atoms with Crippen molar-refractivity contribution in [1.29, 1.82) is 0 Å². The van der Waals surface area contributed by atoms with Crippen LogP contribution in [0.4, 0.5) is 5.69 Å². The van der Waals surface area contributed by atoms with Crippen LogP contribution in [0.25, 0.3) is 0 Å². The van der Waals surface area contributed by atoms with Gasteiger partial charge in [-0.3, -0.25) is 13.9 Å². The van der Waals surface area contributed by atoms with E-state index in [1.165, 1.54) is 4.90 Å². The van der Waals surface area contributed by atoms with Crippen molar-refractivity contribution in [2.75, 3.05) is 23.7 Å². The van der Waals surface area contributed by atoms with Gasteiger partial charge in [0.25, 0.3) is 0 Å². The molecule has 3 aromatic carbocycles. The van der Waals surface area contributed by atoms with E-state index in [2.05, 4.69) is 5.32 Å². The van der Waals surface area contributed by atoms with Gasteiger partial charge >= 0.3 is 0 Å². The highest BCUT2D eigenvalue weighted by Gasteiger charge is 2.33. The number of hydrogen-bond donors (Lipinski definition) is 1. The Balaban J connectivity index is 2.08. The van der Waals surface area contributed by atoms with Gasteiger partial charge in [0.1, 0.15) is 12.6 Å². The Labute approximate surface area is 253 Å². The smallest absolute Gasteiger partial charge is 0.244 e. The lowest BCUT2D eigenvalue weighted by Crippen LogP contribution is -2.53. The molecule has 0 aliphatic heterocycles. The Kier molecular flexibility index (Phi) is 11.6. The molecule has 0 spiro atoms. The van der Waals surface area contributed by atoms with Gasteiger partial charge in [-0.1, -0.05) is 90.6 Å². The van der Waals surface area contributed by atoms with E-state index < -0.39 is 28.5 Å². The minimum Gasteiger partial charge on any atom is -0.354 e. The Morgan fingerprint density at radius 3 is 2.29 bits per heavy atom. The number of amides is 2. The van der Waals surface area contributed by atoms with E-state index in [-0.39, 0.29) is 18.9 Å². The molecule has 0 aromatic heterocycles. The maximum absolute atomic E-state index is 14.2. The van der Waals surface area contributed by atoms with Crippen molar-refractivity contribution < 1.29 is 18.0 Å². The number of aryl methyl sites for hydroxylation is 2. The number of nitrogens with zero attached hydrogens (tertiary/aromatic N) is 2. The third-order valence-corrected chi connectivity index (χ3v) is 8.47. The molecular weight excluding hydrogens is 581 g/mol. The summed E-state index contributed by atoms with van der Waals surface area (Å²) in [6.45, 7) is 5.70. The van der Waals surface area contributed by atoms with E-state index in [4.69, 9.17) is 23.2 Å². The summed E-state index contributed by atoms with van der Waals surface area (Å²) in [6, 6.07) is 18.8. The molecule has 0 saturated carbocycles. The van der Waals surface area contributed by atoms with Crippen LogP contribution < -0.4 is 9.62 Å². The second-order valence-electron chi connectivity index (χ2n) is 10.2. The van der Waals surface area contributed by atoms with Gasteiger partial charge in [0, 0.05) is 29.6 Å². The fraction of sp³-hybridized carbons (Fsp3) is 0.355. The number of halogens is 2. The molecule has 0 heterocycles. The quantitative estimate of drug-likeness (QED) is 0.241. The fourth-order valence-electron chi connectivity index (χ4n) is 4.57. The number of carbonyl (C=O) groups is 2. The number of rotatable bonds is 13. The first-order valence-electron chi connectivity index (χ1n) is 13.5. The van der Waals surface area contributed by atoms with E-state index in [9.17, 15) is 18.0 Å². The Bertz CT molecular complexity index is 1470. The zero-order valence-electron chi connectivity index (χ0n) is 23.9. The first kappa shape index (κ1) is 32.4. The van der Waals surface area contributed by atoms with Crippen molar-refractivity contribution in [2.45, 2.75) is 52.6 Å². The van der Waals surface area contributed by atoms with Crippen LogP contribution in [0.3, 0.4) is 0 Å². The zero-order chi connectivity index (χ0) is 30.2. The summed E-state index contributed by atoms with van der Waals surface area (Å²) in [5.74, 6) is -0.855. The first-order valence-corrected chi connectivity index (χ1v) is 16.1. The van der Waals surface area contributed by atoms with Crippen LogP contribution in [0, 0.1) is 13.8 Å². The number of anilines is 1. The standard InChI is InChI=1S/C31H37Cl2N3O4S/c1-5-6-16-34-31(38)29(18-24-10-8-7-9-11-24)35(20-25-13-14-26(32)19-27(25)33)30(37)21-36(41(4,39)40)28-15-12-22(2)17-23(28)3/h7-15,17,19,29H,5-6,16,18,20-21H2,1-4H3,(H,34,38)/t29-/m1/s1. The minimum atomic E-state index is -3.85. The molecule has 7 nitrogen and oxygen atoms in total. The number of sulfonamides is 1. The van der Waals surface area contributed by atoms with E-state index in [0.717, 1.165) is 34.5 Å². The fourth-order valence-corrected chi connectivity index (χ4v) is 5.95. The molecule has 0 radical (unpaired) electrons. The summed E-state index contributed by atoms with van der Waals surface area (Å²) in [4.78, 5) is 29.2. The lowest BCUT2D eigenvalue weighted by Gasteiger charge is -2.34. The van der Waals surface area contributed by atoms with Gasteiger partial charge in [-0.05, 0) is 55.2 Å².